The molecule has 2 aromatic rings. The Hall–Kier alpha value is -0.790. The summed E-state index contributed by atoms with van der Waals surface area (Å²) in [6, 6.07) is 12.4. The van der Waals surface area contributed by atoms with Crippen LogP contribution in [0.5, 0.6) is 0 Å². The highest BCUT2D eigenvalue weighted by Gasteiger charge is 2.04. The normalized spacial score (nSPS) is 10.2. The summed E-state index contributed by atoms with van der Waals surface area (Å²) < 4.78 is 0. The van der Waals surface area contributed by atoms with Crippen LogP contribution in [0.3, 0.4) is 0 Å². The maximum absolute atomic E-state index is 5.83. The minimum absolute atomic E-state index is 0.591. The topological polar surface area (TPSA) is 0 Å². The minimum Gasteiger partial charge on any atom is -0.143 e. The van der Waals surface area contributed by atoms with E-state index in [4.69, 9.17) is 11.6 Å². The molecule has 66 valence electrons. The Morgan fingerprint density at radius 1 is 1.08 bits per heavy atom. The first-order chi connectivity index (χ1) is 6.42. The number of thiophene rings is 1. The molecular formula is C11H9ClS. The molecule has 0 aliphatic carbocycles. The Kier molecular flexibility index (Phi) is 2.67. The zero-order chi connectivity index (χ0) is 9.10. The third-order valence-electron chi connectivity index (χ3n) is 1.93. The Morgan fingerprint density at radius 2 is 1.85 bits per heavy atom. The summed E-state index contributed by atoms with van der Waals surface area (Å²) in [7, 11) is 0. The molecule has 1 heterocycles. The van der Waals surface area contributed by atoms with Gasteiger partial charge in [-0.25, -0.2) is 0 Å². The fourth-order valence-corrected chi connectivity index (χ4v) is 2.52. The average molecular weight is 209 g/mol. The van der Waals surface area contributed by atoms with Crippen LogP contribution in [0.25, 0.3) is 10.4 Å². The highest BCUT2D eigenvalue weighted by Crippen LogP contribution is 2.30. The standard InChI is InChI=1S/C11H9ClS/c12-8-10-6-7-13-11(10)9-4-2-1-3-5-9/h1-7H,8H2. The van der Waals surface area contributed by atoms with Gasteiger partial charge >= 0.3 is 0 Å². The smallest absolute Gasteiger partial charge is 0.0488 e. The molecule has 0 unspecified atom stereocenters. The minimum atomic E-state index is 0.591. The van der Waals surface area contributed by atoms with E-state index in [-0.39, 0.29) is 0 Å². The van der Waals surface area contributed by atoms with Gasteiger partial charge in [-0.2, -0.15) is 0 Å². The van der Waals surface area contributed by atoms with Crippen LogP contribution in [-0.4, -0.2) is 0 Å². The van der Waals surface area contributed by atoms with Gasteiger partial charge in [0.25, 0.3) is 0 Å². The number of hydrogen-bond acceptors (Lipinski definition) is 1. The lowest BCUT2D eigenvalue weighted by atomic mass is 10.1. The van der Waals surface area contributed by atoms with Crippen molar-refractivity contribution in [3.05, 3.63) is 47.3 Å². The molecule has 0 amide bonds. The van der Waals surface area contributed by atoms with Gasteiger partial charge in [-0.05, 0) is 22.6 Å². The predicted molar refractivity (Wildman–Crippen MR) is 59.3 cm³/mol. The third-order valence-corrected chi connectivity index (χ3v) is 3.22. The lowest BCUT2D eigenvalue weighted by Gasteiger charge is -1.99. The fraction of sp³-hybridized carbons (Fsp3) is 0.0909. The molecule has 0 fully saturated rings. The van der Waals surface area contributed by atoms with Crippen LogP contribution in [0.4, 0.5) is 0 Å². The van der Waals surface area contributed by atoms with Crippen LogP contribution in [-0.2, 0) is 5.88 Å². The van der Waals surface area contributed by atoms with Gasteiger partial charge in [-0.1, -0.05) is 30.3 Å². The van der Waals surface area contributed by atoms with Gasteiger partial charge < -0.3 is 0 Å². The van der Waals surface area contributed by atoms with Crippen molar-refractivity contribution in [3.63, 3.8) is 0 Å². The second-order valence-corrected chi connectivity index (χ2v) is 3.96. The fourth-order valence-electron chi connectivity index (χ4n) is 1.28. The van der Waals surface area contributed by atoms with E-state index in [0.29, 0.717) is 5.88 Å². The quantitative estimate of drug-likeness (QED) is 0.651. The van der Waals surface area contributed by atoms with E-state index in [9.17, 15) is 0 Å². The molecule has 0 N–H and O–H groups in total. The molecule has 0 nitrogen and oxygen atoms in total. The van der Waals surface area contributed by atoms with E-state index in [1.165, 1.54) is 16.0 Å². The molecular weight excluding hydrogens is 200 g/mol. The van der Waals surface area contributed by atoms with Gasteiger partial charge in [-0.15, -0.1) is 22.9 Å². The summed E-state index contributed by atoms with van der Waals surface area (Å²) in [5, 5.41) is 2.08. The van der Waals surface area contributed by atoms with Crippen LogP contribution in [0, 0.1) is 0 Å². The van der Waals surface area contributed by atoms with Gasteiger partial charge in [0.15, 0.2) is 0 Å². The van der Waals surface area contributed by atoms with Gasteiger partial charge in [0, 0.05) is 10.8 Å². The Bertz CT molecular complexity index is 378. The summed E-state index contributed by atoms with van der Waals surface area (Å²) in [5.41, 5.74) is 2.48. The number of halogens is 1. The van der Waals surface area contributed by atoms with Crippen molar-refractivity contribution < 1.29 is 0 Å². The van der Waals surface area contributed by atoms with Crippen LogP contribution < -0.4 is 0 Å². The summed E-state index contributed by atoms with van der Waals surface area (Å²) >= 11 is 7.57. The summed E-state index contributed by atoms with van der Waals surface area (Å²) in [6.45, 7) is 0. The van der Waals surface area contributed by atoms with Crippen LogP contribution in [0.2, 0.25) is 0 Å². The Labute approximate surface area is 86.8 Å². The van der Waals surface area contributed by atoms with Gasteiger partial charge in [0.2, 0.25) is 0 Å². The van der Waals surface area contributed by atoms with Crippen molar-refractivity contribution in [2.24, 2.45) is 0 Å². The average Bonchev–Trinajstić information content (AvgIpc) is 2.67. The molecule has 0 aliphatic rings. The summed E-state index contributed by atoms with van der Waals surface area (Å²) in [5.74, 6) is 0.591. The van der Waals surface area contributed by atoms with Crippen LogP contribution in [0.1, 0.15) is 5.56 Å². The van der Waals surface area contributed by atoms with Crippen molar-refractivity contribution in [1.82, 2.24) is 0 Å². The van der Waals surface area contributed by atoms with Crippen LogP contribution >= 0.6 is 22.9 Å². The molecule has 0 spiro atoms. The molecule has 13 heavy (non-hydrogen) atoms. The second-order valence-electron chi connectivity index (χ2n) is 2.77. The largest absolute Gasteiger partial charge is 0.143 e. The van der Waals surface area contributed by atoms with Gasteiger partial charge in [0.1, 0.15) is 0 Å². The molecule has 0 saturated carbocycles. The van der Waals surface area contributed by atoms with E-state index in [2.05, 4.69) is 23.6 Å². The van der Waals surface area contributed by atoms with E-state index in [1.54, 1.807) is 11.3 Å². The number of alkyl halides is 1. The van der Waals surface area contributed by atoms with Crippen molar-refractivity contribution >= 4 is 22.9 Å². The molecule has 0 aliphatic heterocycles. The highest BCUT2D eigenvalue weighted by atomic mass is 35.5. The maximum Gasteiger partial charge on any atom is 0.0488 e. The monoisotopic (exact) mass is 208 g/mol. The lowest BCUT2D eigenvalue weighted by molar-refractivity contribution is 1.45. The van der Waals surface area contributed by atoms with E-state index in [0.717, 1.165) is 0 Å². The highest BCUT2D eigenvalue weighted by molar-refractivity contribution is 7.13. The van der Waals surface area contributed by atoms with Gasteiger partial charge in [-0.3, -0.25) is 0 Å². The molecule has 0 saturated heterocycles. The first-order valence-electron chi connectivity index (χ1n) is 4.09. The van der Waals surface area contributed by atoms with E-state index >= 15 is 0 Å². The third kappa shape index (κ3) is 1.77. The summed E-state index contributed by atoms with van der Waals surface area (Å²) in [6.07, 6.45) is 0. The van der Waals surface area contributed by atoms with Crippen molar-refractivity contribution in [2.75, 3.05) is 0 Å². The zero-order valence-corrected chi connectivity index (χ0v) is 8.61. The van der Waals surface area contributed by atoms with Crippen molar-refractivity contribution in [2.45, 2.75) is 5.88 Å². The molecule has 2 rings (SSSR count). The maximum atomic E-state index is 5.83. The molecule has 0 atom stereocenters. The molecule has 0 bridgehead atoms. The van der Waals surface area contributed by atoms with E-state index in [1.807, 2.05) is 18.2 Å². The SMILES string of the molecule is ClCc1ccsc1-c1ccccc1. The van der Waals surface area contributed by atoms with Crippen LogP contribution in [0.15, 0.2) is 41.8 Å². The van der Waals surface area contributed by atoms with Crippen molar-refractivity contribution in [3.8, 4) is 10.4 Å². The predicted octanol–water partition coefficient (Wildman–Crippen LogP) is 4.15. The van der Waals surface area contributed by atoms with Gasteiger partial charge in [0.05, 0.1) is 0 Å². The second kappa shape index (κ2) is 3.95. The van der Waals surface area contributed by atoms with Crippen molar-refractivity contribution in [1.29, 1.82) is 0 Å². The summed E-state index contributed by atoms with van der Waals surface area (Å²) in [4.78, 5) is 1.29. The molecule has 1 aromatic heterocycles. The number of rotatable bonds is 2. The van der Waals surface area contributed by atoms with E-state index < -0.39 is 0 Å². The lowest BCUT2D eigenvalue weighted by Crippen LogP contribution is -1.77. The molecule has 1 aromatic carbocycles. The molecule has 0 radical (unpaired) electrons. The first-order valence-corrected chi connectivity index (χ1v) is 5.51. The number of benzene rings is 1. The molecule has 2 heteroatoms. The first kappa shape index (κ1) is 8.79. The number of hydrogen-bond donors (Lipinski definition) is 0. The zero-order valence-electron chi connectivity index (χ0n) is 7.03. The Morgan fingerprint density at radius 3 is 2.54 bits per heavy atom. The Balaban J connectivity index is 2.47.